The Morgan fingerprint density at radius 1 is 1.35 bits per heavy atom. The van der Waals surface area contributed by atoms with E-state index in [1.807, 2.05) is 0 Å². The number of hydrogen-bond acceptors (Lipinski definition) is 3. The first-order valence-corrected chi connectivity index (χ1v) is 5.37. The van der Waals surface area contributed by atoms with Gasteiger partial charge in [-0.1, -0.05) is 12.1 Å². The molecule has 0 aliphatic carbocycles. The number of hydrogen-bond donors (Lipinski definition) is 3. The van der Waals surface area contributed by atoms with Crippen LogP contribution in [0.1, 0.15) is 12.0 Å². The maximum Gasteiger partial charge on any atom is 0.307 e. The molecule has 0 saturated carbocycles. The van der Waals surface area contributed by atoms with Crippen LogP contribution in [0.15, 0.2) is 24.3 Å². The third-order valence-electron chi connectivity index (χ3n) is 2.17. The van der Waals surface area contributed by atoms with Gasteiger partial charge in [-0.05, 0) is 24.7 Å². The minimum Gasteiger partial charge on any atom is -0.481 e. The van der Waals surface area contributed by atoms with E-state index in [0.29, 0.717) is 24.2 Å². The van der Waals surface area contributed by atoms with E-state index in [9.17, 15) is 9.59 Å². The predicted molar refractivity (Wildman–Crippen MR) is 65.0 cm³/mol. The van der Waals surface area contributed by atoms with Gasteiger partial charge in [0.2, 0.25) is 5.91 Å². The highest BCUT2D eigenvalue weighted by Crippen LogP contribution is 2.11. The van der Waals surface area contributed by atoms with Gasteiger partial charge in [-0.2, -0.15) is 0 Å². The van der Waals surface area contributed by atoms with Crippen molar-refractivity contribution in [3.05, 3.63) is 29.8 Å². The molecule has 0 unspecified atom stereocenters. The topological polar surface area (TPSA) is 78.4 Å². The lowest BCUT2D eigenvalue weighted by molar-refractivity contribution is -0.136. The number of amides is 1. The van der Waals surface area contributed by atoms with Crippen molar-refractivity contribution in [1.82, 2.24) is 5.32 Å². The fourth-order valence-corrected chi connectivity index (χ4v) is 1.40. The molecule has 0 atom stereocenters. The molecule has 0 bridgehead atoms. The number of anilines is 1. The van der Waals surface area contributed by atoms with Crippen LogP contribution in [0.3, 0.4) is 0 Å². The molecule has 1 aromatic carbocycles. The highest BCUT2D eigenvalue weighted by molar-refractivity contribution is 5.91. The third-order valence-corrected chi connectivity index (χ3v) is 2.17. The van der Waals surface area contributed by atoms with E-state index >= 15 is 0 Å². The van der Waals surface area contributed by atoms with Crippen LogP contribution >= 0.6 is 0 Å². The van der Waals surface area contributed by atoms with E-state index in [1.54, 1.807) is 31.3 Å². The van der Waals surface area contributed by atoms with E-state index in [0.717, 1.165) is 0 Å². The van der Waals surface area contributed by atoms with Crippen molar-refractivity contribution in [2.24, 2.45) is 0 Å². The quantitative estimate of drug-likeness (QED) is 0.684. The fourth-order valence-electron chi connectivity index (χ4n) is 1.40. The second-order valence-electron chi connectivity index (χ2n) is 3.67. The Kier molecular flexibility index (Phi) is 5.16. The number of carbonyl (C=O) groups is 2. The zero-order valence-electron chi connectivity index (χ0n) is 9.69. The van der Waals surface area contributed by atoms with Crippen LogP contribution in [-0.4, -0.2) is 30.6 Å². The summed E-state index contributed by atoms with van der Waals surface area (Å²) in [5, 5.41) is 14.3. The van der Waals surface area contributed by atoms with Crippen LogP contribution in [-0.2, 0) is 16.0 Å². The zero-order chi connectivity index (χ0) is 12.7. The number of carbonyl (C=O) groups excluding carboxylic acids is 1. The monoisotopic (exact) mass is 236 g/mol. The number of carboxylic acids is 1. The molecule has 0 radical (unpaired) electrons. The number of aliphatic carboxylic acids is 1. The van der Waals surface area contributed by atoms with Gasteiger partial charge in [0, 0.05) is 18.7 Å². The minimum atomic E-state index is -0.886. The van der Waals surface area contributed by atoms with Gasteiger partial charge in [-0.15, -0.1) is 0 Å². The highest BCUT2D eigenvalue weighted by atomic mass is 16.4. The first kappa shape index (κ1) is 13.2. The van der Waals surface area contributed by atoms with Crippen molar-refractivity contribution in [3.8, 4) is 0 Å². The molecule has 0 aliphatic heterocycles. The summed E-state index contributed by atoms with van der Waals surface area (Å²) < 4.78 is 0. The number of benzene rings is 1. The predicted octanol–water partition coefficient (Wildman–Crippen LogP) is 0.862. The summed E-state index contributed by atoms with van der Waals surface area (Å²) >= 11 is 0. The van der Waals surface area contributed by atoms with Crippen LogP contribution < -0.4 is 10.6 Å². The Labute approximate surface area is 99.8 Å². The summed E-state index contributed by atoms with van der Waals surface area (Å²) in [6.45, 7) is 0.612. The molecule has 0 fully saturated rings. The van der Waals surface area contributed by atoms with Crippen molar-refractivity contribution >= 4 is 17.6 Å². The van der Waals surface area contributed by atoms with Gasteiger partial charge in [0.1, 0.15) is 0 Å². The summed E-state index contributed by atoms with van der Waals surface area (Å²) in [6, 6.07) is 6.86. The molecule has 17 heavy (non-hydrogen) atoms. The summed E-state index contributed by atoms with van der Waals surface area (Å²) in [7, 11) is 1.78. The van der Waals surface area contributed by atoms with E-state index < -0.39 is 5.97 Å². The van der Waals surface area contributed by atoms with E-state index in [2.05, 4.69) is 10.6 Å². The Bertz CT molecular complexity index is 404. The molecule has 1 aromatic rings. The number of carboxylic acid groups (broad SMARTS) is 1. The fraction of sp³-hybridized carbons (Fsp3) is 0.333. The molecule has 5 nitrogen and oxygen atoms in total. The Balaban J connectivity index is 2.59. The second kappa shape index (κ2) is 6.65. The number of nitrogens with one attached hydrogen (secondary N) is 2. The average Bonchev–Trinajstić information content (AvgIpc) is 2.26. The SMILES string of the molecule is CNCCC(=O)Nc1cccc(CC(=O)O)c1. The molecule has 0 saturated heterocycles. The highest BCUT2D eigenvalue weighted by Gasteiger charge is 2.04. The lowest BCUT2D eigenvalue weighted by Gasteiger charge is -2.06. The average molecular weight is 236 g/mol. The second-order valence-corrected chi connectivity index (χ2v) is 3.67. The van der Waals surface area contributed by atoms with Gasteiger partial charge in [0.25, 0.3) is 0 Å². The summed E-state index contributed by atoms with van der Waals surface area (Å²) in [6.07, 6.45) is 0.347. The lowest BCUT2D eigenvalue weighted by Crippen LogP contribution is -2.18. The summed E-state index contributed by atoms with van der Waals surface area (Å²) in [5.74, 6) is -0.976. The van der Waals surface area contributed by atoms with Gasteiger partial charge >= 0.3 is 5.97 Å². The smallest absolute Gasteiger partial charge is 0.307 e. The van der Waals surface area contributed by atoms with Crippen LogP contribution in [0.4, 0.5) is 5.69 Å². The Morgan fingerprint density at radius 2 is 2.12 bits per heavy atom. The minimum absolute atomic E-state index is 0.0414. The van der Waals surface area contributed by atoms with Gasteiger partial charge in [-0.3, -0.25) is 9.59 Å². The number of rotatable bonds is 6. The largest absolute Gasteiger partial charge is 0.481 e. The molecule has 1 amide bonds. The Morgan fingerprint density at radius 3 is 2.76 bits per heavy atom. The van der Waals surface area contributed by atoms with E-state index in [-0.39, 0.29) is 12.3 Å². The van der Waals surface area contributed by atoms with Crippen LogP contribution in [0.25, 0.3) is 0 Å². The van der Waals surface area contributed by atoms with Crippen molar-refractivity contribution < 1.29 is 14.7 Å². The standard InChI is InChI=1S/C12H16N2O3/c1-13-6-5-11(15)14-10-4-2-3-9(7-10)8-12(16)17/h2-4,7,13H,5-6,8H2,1H3,(H,14,15)(H,16,17). The third kappa shape index (κ3) is 5.12. The Hall–Kier alpha value is -1.88. The van der Waals surface area contributed by atoms with Crippen LogP contribution in [0, 0.1) is 0 Å². The molecule has 5 heteroatoms. The molecular formula is C12H16N2O3. The van der Waals surface area contributed by atoms with Crippen molar-refractivity contribution in [1.29, 1.82) is 0 Å². The molecule has 3 N–H and O–H groups in total. The van der Waals surface area contributed by atoms with Crippen molar-refractivity contribution in [3.63, 3.8) is 0 Å². The van der Waals surface area contributed by atoms with Crippen LogP contribution in [0.5, 0.6) is 0 Å². The first-order valence-electron chi connectivity index (χ1n) is 5.37. The lowest BCUT2D eigenvalue weighted by atomic mass is 10.1. The molecule has 0 spiro atoms. The summed E-state index contributed by atoms with van der Waals surface area (Å²) in [5.41, 5.74) is 1.30. The summed E-state index contributed by atoms with van der Waals surface area (Å²) in [4.78, 5) is 22.0. The van der Waals surface area contributed by atoms with E-state index in [1.165, 1.54) is 0 Å². The molecular weight excluding hydrogens is 220 g/mol. The molecule has 1 rings (SSSR count). The van der Waals surface area contributed by atoms with Gasteiger partial charge in [0.15, 0.2) is 0 Å². The van der Waals surface area contributed by atoms with E-state index in [4.69, 9.17) is 5.11 Å². The van der Waals surface area contributed by atoms with Gasteiger partial charge in [0.05, 0.1) is 6.42 Å². The molecule has 92 valence electrons. The van der Waals surface area contributed by atoms with Gasteiger partial charge < -0.3 is 15.7 Å². The normalized spacial score (nSPS) is 9.94. The molecule has 0 aliphatic rings. The van der Waals surface area contributed by atoms with Gasteiger partial charge in [-0.25, -0.2) is 0 Å². The maximum atomic E-state index is 11.4. The molecule has 0 aromatic heterocycles. The zero-order valence-corrected chi connectivity index (χ0v) is 9.69. The maximum absolute atomic E-state index is 11.4. The first-order chi connectivity index (χ1) is 8.11. The van der Waals surface area contributed by atoms with Crippen molar-refractivity contribution in [2.75, 3.05) is 18.9 Å². The van der Waals surface area contributed by atoms with Crippen LogP contribution in [0.2, 0.25) is 0 Å². The molecule has 0 heterocycles. The van der Waals surface area contributed by atoms with Crippen molar-refractivity contribution in [2.45, 2.75) is 12.8 Å².